The summed E-state index contributed by atoms with van der Waals surface area (Å²) in [5.41, 5.74) is 3.18. The van der Waals surface area contributed by atoms with Crippen molar-refractivity contribution >= 4 is 28.4 Å². The van der Waals surface area contributed by atoms with Crippen molar-refractivity contribution in [3.05, 3.63) is 89.5 Å². The van der Waals surface area contributed by atoms with Crippen LogP contribution in [0.5, 0.6) is 5.75 Å². The molecule has 2 aromatic carbocycles. The summed E-state index contributed by atoms with van der Waals surface area (Å²) in [5, 5.41) is 2.88. The predicted octanol–water partition coefficient (Wildman–Crippen LogP) is 3.36. The van der Waals surface area contributed by atoms with Gasteiger partial charge in [-0.05, 0) is 48.5 Å². The van der Waals surface area contributed by atoms with Gasteiger partial charge in [-0.1, -0.05) is 12.1 Å². The number of imidazole rings is 1. The van der Waals surface area contributed by atoms with Crippen LogP contribution in [0.2, 0.25) is 0 Å². The van der Waals surface area contributed by atoms with Crippen molar-refractivity contribution in [3.8, 4) is 17.0 Å². The van der Waals surface area contributed by atoms with Crippen molar-refractivity contribution < 1.29 is 9.53 Å². The fourth-order valence-electron chi connectivity index (χ4n) is 3.71. The smallest absolute Gasteiger partial charge is 0.260 e. The van der Waals surface area contributed by atoms with Crippen LogP contribution in [0.15, 0.2) is 83.9 Å². The molecule has 5 rings (SSSR count). The molecular formula is C24H19N5O3. The number of aromatic nitrogens is 4. The van der Waals surface area contributed by atoms with Crippen LogP contribution in [-0.4, -0.2) is 32.0 Å². The molecule has 158 valence electrons. The molecule has 0 saturated heterocycles. The average Bonchev–Trinajstić information content (AvgIpc) is 3.14. The summed E-state index contributed by atoms with van der Waals surface area (Å²) in [6.07, 6.45) is 3.30. The molecule has 8 heteroatoms. The normalized spacial score (nSPS) is 11.0. The van der Waals surface area contributed by atoms with Gasteiger partial charge in [0.25, 0.3) is 5.56 Å². The Hall–Kier alpha value is -4.46. The van der Waals surface area contributed by atoms with Gasteiger partial charge in [0, 0.05) is 29.7 Å². The Morgan fingerprint density at radius 3 is 2.44 bits per heavy atom. The van der Waals surface area contributed by atoms with Gasteiger partial charge in [0.15, 0.2) is 0 Å². The topological polar surface area (TPSA) is 90.5 Å². The number of methoxy groups -OCH3 is 1. The SMILES string of the molecule is COc1ccc(NC(=O)Cn2c3ccccc3n3c(=O)cc(-c4ccncc4)nc23)cc1. The van der Waals surface area contributed by atoms with Crippen LogP contribution in [0.25, 0.3) is 28.1 Å². The minimum Gasteiger partial charge on any atom is -0.497 e. The molecule has 5 aromatic rings. The maximum Gasteiger partial charge on any atom is 0.260 e. The number of carbonyl (C=O) groups excluding carboxylic acids is 1. The molecule has 1 amide bonds. The molecule has 32 heavy (non-hydrogen) atoms. The lowest BCUT2D eigenvalue weighted by Crippen LogP contribution is -2.20. The standard InChI is InChI=1S/C24H19N5O3/c1-32-18-8-6-17(7-9-18)26-22(30)15-28-20-4-2-3-5-21(20)29-23(31)14-19(27-24(28)29)16-10-12-25-13-11-16/h2-14H,15H2,1H3,(H,26,30). The number of pyridine rings is 1. The lowest BCUT2D eigenvalue weighted by atomic mass is 10.2. The van der Waals surface area contributed by atoms with Gasteiger partial charge < -0.3 is 14.6 Å². The second-order valence-electron chi connectivity index (χ2n) is 7.20. The molecule has 0 atom stereocenters. The zero-order valence-electron chi connectivity index (χ0n) is 17.2. The van der Waals surface area contributed by atoms with Crippen molar-refractivity contribution in [2.45, 2.75) is 6.54 Å². The third-order valence-corrected chi connectivity index (χ3v) is 5.21. The number of ether oxygens (including phenoxy) is 1. The van der Waals surface area contributed by atoms with E-state index in [2.05, 4.69) is 10.3 Å². The number of nitrogens with zero attached hydrogens (tertiary/aromatic N) is 4. The molecule has 8 nitrogen and oxygen atoms in total. The van der Waals surface area contributed by atoms with Crippen LogP contribution in [0, 0.1) is 0 Å². The highest BCUT2D eigenvalue weighted by atomic mass is 16.5. The van der Waals surface area contributed by atoms with Gasteiger partial charge in [0.05, 0.1) is 23.8 Å². The number of rotatable bonds is 5. The highest BCUT2D eigenvalue weighted by molar-refractivity contribution is 5.92. The second kappa shape index (κ2) is 7.99. The summed E-state index contributed by atoms with van der Waals surface area (Å²) < 4.78 is 8.43. The minimum absolute atomic E-state index is 0.00468. The molecular weight excluding hydrogens is 406 g/mol. The van der Waals surface area contributed by atoms with Gasteiger partial charge in [-0.25, -0.2) is 9.38 Å². The largest absolute Gasteiger partial charge is 0.497 e. The van der Waals surface area contributed by atoms with Crippen molar-refractivity contribution in [1.29, 1.82) is 0 Å². The summed E-state index contributed by atoms with van der Waals surface area (Å²) in [6.45, 7) is -0.00468. The van der Waals surface area contributed by atoms with E-state index in [-0.39, 0.29) is 18.0 Å². The molecule has 0 aliphatic rings. The first-order valence-corrected chi connectivity index (χ1v) is 9.99. The van der Waals surface area contributed by atoms with Gasteiger partial charge in [0.1, 0.15) is 12.3 Å². The Bertz CT molecular complexity index is 1490. The quantitative estimate of drug-likeness (QED) is 0.466. The summed E-state index contributed by atoms with van der Waals surface area (Å²) in [6, 6.07) is 19.6. The maximum absolute atomic E-state index is 13.0. The number of carbonyl (C=O) groups is 1. The van der Waals surface area contributed by atoms with Crippen molar-refractivity contribution in [2.75, 3.05) is 12.4 Å². The first-order valence-electron chi connectivity index (χ1n) is 9.99. The molecule has 0 saturated carbocycles. The Labute approximate surface area is 182 Å². The Balaban J connectivity index is 1.59. The Morgan fingerprint density at radius 1 is 1.00 bits per heavy atom. The zero-order chi connectivity index (χ0) is 22.1. The predicted molar refractivity (Wildman–Crippen MR) is 122 cm³/mol. The monoisotopic (exact) mass is 425 g/mol. The summed E-state index contributed by atoms with van der Waals surface area (Å²) >= 11 is 0. The van der Waals surface area contributed by atoms with Gasteiger partial charge in [-0.2, -0.15) is 0 Å². The molecule has 3 heterocycles. The van der Waals surface area contributed by atoms with E-state index in [1.54, 1.807) is 60.5 Å². The number of para-hydroxylation sites is 2. The van der Waals surface area contributed by atoms with Crippen LogP contribution in [-0.2, 0) is 11.3 Å². The van der Waals surface area contributed by atoms with E-state index in [0.29, 0.717) is 28.4 Å². The summed E-state index contributed by atoms with van der Waals surface area (Å²) in [7, 11) is 1.59. The minimum atomic E-state index is -0.234. The van der Waals surface area contributed by atoms with E-state index in [1.807, 2.05) is 24.3 Å². The molecule has 3 aromatic heterocycles. The first-order chi connectivity index (χ1) is 15.6. The Kier molecular flexibility index (Phi) is 4.87. The van der Waals surface area contributed by atoms with Crippen LogP contribution in [0.1, 0.15) is 0 Å². The van der Waals surface area contributed by atoms with Crippen LogP contribution in [0.3, 0.4) is 0 Å². The van der Waals surface area contributed by atoms with E-state index < -0.39 is 0 Å². The fourth-order valence-corrected chi connectivity index (χ4v) is 3.71. The zero-order valence-corrected chi connectivity index (χ0v) is 17.2. The van der Waals surface area contributed by atoms with E-state index in [9.17, 15) is 9.59 Å². The van der Waals surface area contributed by atoms with Crippen molar-refractivity contribution in [2.24, 2.45) is 0 Å². The molecule has 1 N–H and O–H groups in total. The number of hydrogen-bond donors (Lipinski definition) is 1. The first kappa shape index (κ1) is 19.5. The highest BCUT2D eigenvalue weighted by Gasteiger charge is 2.17. The van der Waals surface area contributed by atoms with Gasteiger partial charge in [-0.15, -0.1) is 0 Å². The summed E-state index contributed by atoms with van der Waals surface area (Å²) in [5.74, 6) is 0.870. The van der Waals surface area contributed by atoms with Crippen molar-refractivity contribution in [3.63, 3.8) is 0 Å². The van der Waals surface area contributed by atoms with E-state index in [4.69, 9.17) is 9.72 Å². The van der Waals surface area contributed by atoms with E-state index in [1.165, 1.54) is 10.5 Å². The van der Waals surface area contributed by atoms with Gasteiger partial charge in [0.2, 0.25) is 11.7 Å². The Morgan fingerprint density at radius 2 is 1.72 bits per heavy atom. The second-order valence-corrected chi connectivity index (χ2v) is 7.20. The lowest BCUT2D eigenvalue weighted by Gasteiger charge is -2.09. The average molecular weight is 425 g/mol. The molecule has 0 aliphatic carbocycles. The van der Waals surface area contributed by atoms with E-state index in [0.717, 1.165) is 11.1 Å². The number of anilines is 1. The number of hydrogen-bond acceptors (Lipinski definition) is 5. The third-order valence-electron chi connectivity index (χ3n) is 5.21. The molecule has 0 unspecified atom stereocenters. The molecule has 0 bridgehead atoms. The number of nitrogens with one attached hydrogen (secondary N) is 1. The molecule has 0 aliphatic heterocycles. The highest BCUT2D eigenvalue weighted by Crippen LogP contribution is 2.22. The van der Waals surface area contributed by atoms with Crippen LogP contribution in [0.4, 0.5) is 5.69 Å². The van der Waals surface area contributed by atoms with Crippen LogP contribution >= 0.6 is 0 Å². The number of fused-ring (bicyclic) bond motifs is 3. The van der Waals surface area contributed by atoms with Gasteiger partial charge in [-0.3, -0.25) is 14.6 Å². The maximum atomic E-state index is 13.0. The van der Waals surface area contributed by atoms with Crippen LogP contribution < -0.4 is 15.6 Å². The lowest BCUT2D eigenvalue weighted by molar-refractivity contribution is -0.116. The number of benzene rings is 2. The summed E-state index contributed by atoms with van der Waals surface area (Å²) in [4.78, 5) is 34.6. The van der Waals surface area contributed by atoms with Gasteiger partial charge >= 0.3 is 0 Å². The molecule has 0 spiro atoms. The van der Waals surface area contributed by atoms with E-state index >= 15 is 0 Å². The third kappa shape index (κ3) is 3.47. The number of amides is 1. The fraction of sp³-hybridized carbons (Fsp3) is 0.0833. The molecule has 0 fully saturated rings. The van der Waals surface area contributed by atoms with Crippen molar-refractivity contribution in [1.82, 2.24) is 18.9 Å². The molecule has 0 radical (unpaired) electrons.